The third-order valence-electron chi connectivity index (χ3n) is 6.44. The number of halogens is 3. The summed E-state index contributed by atoms with van der Waals surface area (Å²) in [4.78, 5) is 28.7. The number of anilines is 1. The van der Waals surface area contributed by atoms with Crippen molar-refractivity contribution in [2.75, 3.05) is 24.0 Å². The van der Waals surface area contributed by atoms with Crippen molar-refractivity contribution in [3.63, 3.8) is 0 Å². The Kier molecular flexibility index (Phi) is 12.4. The van der Waals surface area contributed by atoms with Crippen LogP contribution in [0.25, 0.3) is 0 Å². The number of nitrogens with one attached hydrogen (secondary N) is 1. The molecule has 0 saturated carbocycles. The average Bonchev–Trinajstić information content (AvgIpc) is 2.96. The maximum Gasteiger partial charge on any atom is 0.264 e. The lowest BCUT2D eigenvalue weighted by atomic mass is 10.1. The molecule has 1 atom stereocenters. The molecule has 0 aliphatic carbocycles. The van der Waals surface area contributed by atoms with E-state index in [9.17, 15) is 18.0 Å². The molecule has 3 aromatic carbocycles. The highest BCUT2D eigenvalue weighted by molar-refractivity contribution is 7.92. The van der Waals surface area contributed by atoms with Crippen molar-refractivity contribution in [3.8, 4) is 5.75 Å². The highest BCUT2D eigenvalue weighted by atomic mass is 35.5. The zero-order valence-corrected chi connectivity index (χ0v) is 26.7. The van der Waals surface area contributed by atoms with Crippen LogP contribution in [-0.2, 0) is 26.2 Å². The molecule has 0 heterocycles. The Morgan fingerprint density at radius 2 is 1.55 bits per heavy atom. The SMILES string of the molecule is CCCNC(=O)[C@@H](CC)N(Cc1c(Cl)cccc1Cl)C(=O)CN(c1ccccc1OCC)S(=O)(=O)c1ccc(Cl)cc1. The molecule has 8 nitrogen and oxygen atoms in total. The second kappa shape index (κ2) is 15.5. The van der Waals surface area contributed by atoms with Crippen LogP contribution in [0.15, 0.2) is 71.6 Å². The summed E-state index contributed by atoms with van der Waals surface area (Å²) in [6, 6.07) is 16.2. The molecule has 0 aliphatic heterocycles. The number of rotatable bonds is 14. The Morgan fingerprint density at radius 3 is 2.14 bits per heavy atom. The molecule has 1 N–H and O–H groups in total. The molecular weight excluding hydrogens is 621 g/mol. The number of carbonyl (C=O) groups excluding carboxylic acids is 2. The first kappa shape index (κ1) is 33.5. The molecule has 0 unspecified atom stereocenters. The topological polar surface area (TPSA) is 96.0 Å². The van der Waals surface area contributed by atoms with Crippen molar-refractivity contribution in [1.29, 1.82) is 0 Å². The zero-order chi connectivity index (χ0) is 30.9. The lowest BCUT2D eigenvalue weighted by molar-refractivity contribution is -0.140. The van der Waals surface area contributed by atoms with Crippen LogP contribution in [0.4, 0.5) is 5.69 Å². The summed E-state index contributed by atoms with van der Waals surface area (Å²) >= 11 is 18.9. The summed E-state index contributed by atoms with van der Waals surface area (Å²) in [5, 5.41) is 3.83. The Hall–Kier alpha value is -2.98. The lowest BCUT2D eigenvalue weighted by Crippen LogP contribution is -2.52. The molecule has 3 aromatic rings. The normalized spacial score (nSPS) is 12.0. The van der Waals surface area contributed by atoms with Gasteiger partial charge in [0, 0.05) is 33.7 Å². The van der Waals surface area contributed by atoms with E-state index < -0.39 is 28.5 Å². The van der Waals surface area contributed by atoms with Crippen LogP contribution in [0.2, 0.25) is 15.1 Å². The molecule has 0 aliphatic rings. The van der Waals surface area contributed by atoms with Gasteiger partial charge in [-0.05, 0) is 68.3 Å². The van der Waals surface area contributed by atoms with Gasteiger partial charge in [0.25, 0.3) is 10.0 Å². The van der Waals surface area contributed by atoms with E-state index in [0.29, 0.717) is 33.6 Å². The molecule has 0 saturated heterocycles. The predicted octanol–water partition coefficient (Wildman–Crippen LogP) is 6.57. The van der Waals surface area contributed by atoms with Crippen LogP contribution in [0.3, 0.4) is 0 Å². The highest BCUT2D eigenvalue weighted by Gasteiger charge is 2.35. The molecule has 0 bridgehead atoms. The number of benzene rings is 3. The fourth-order valence-corrected chi connectivity index (χ4v) is 6.39. The van der Waals surface area contributed by atoms with Crippen LogP contribution >= 0.6 is 34.8 Å². The van der Waals surface area contributed by atoms with Gasteiger partial charge in [-0.3, -0.25) is 13.9 Å². The Bertz CT molecular complexity index is 1470. The number of ether oxygens (including phenoxy) is 1. The first-order valence-corrected chi connectivity index (χ1v) is 16.1. The van der Waals surface area contributed by atoms with Gasteiger partial charge < -0.3 is 15.0 Å². The number of sulfonamides is 1. The summed E-state index contributed by atoms with van der Waals surface area (Å²) in [6.07, 6.45) is 0.969. The Morgan fingerprint density at radius 1 is 0.905 bits per heavy atom. The standard InChI is InChI=1S/C30H34Cl3N3O5S/c1-4-18-34-30(38)26(5-2)35(19-23-24(32)10-9-11-25(23)33)29(37)20-36(27-12-7-8-13-28(27)41-6-3)42(39,40)22-16-14-21(31)15-17-22/h7-17,26H,4-6,18-20H2,1-3H3,(H,34,38)/t26-/m1/s1. The number of nitrogens with zero attached hydrogens (tertiary/aromatic N) is 2. The third kappa shape index (κ3) is 8.10. The van der Waals surface area contributed by atoms with Gasteiger partial charge in [-0.1, -0.05) is 66.8 Å². The number of para-hydroxylation sites is 2. The number of hydrogen-bond acceptors (Lipinski definition) is 5. The fraction of sp³-hybridized carbons (Fsp3) is 0.333. The maximum atomic E-state index is 14.2. The summed E-state index contributed by atoms with van der Waals surface area (Å²) in [5.41, 5.74) is 0.611. The molecule has 2 amide bonds. The van der Waals surface area contributed by atoms with Gasteiger partial charge >= 0.3 is 0 Å². The molecular formula is C30H34Cl3N3O5S. The molecule has 12 heteroatoms. The van der Waals surface area contributed by atoms with Crippen molar-refractivity contribution >= 4 is 62.3 Å². The molecule has 0 aromatic heterocycles. The number of hydrogen-bond donors (Lipinski definition) is 1. The van der Waals surface area contributed by atoms with Crippen LogP contribution in [-0.4, -0.2) is 50.9 Å². The number of amides is 2. The maximum absolute atomic E-state index is 14.2. The molecule has 0 radical (unpaired) electrons. The molecule has 42 heavy (non-hydrogen) atoms. The second-order valence-electron chi connectivity index (χ2n) is 9.30. The van der Waals surface area contributed by atoms with Gasteiger partial charge in [0.2, 0.25) is 11.8 Å². The summed E-state index contributed by atoms with van der Waals surface area (Å²) in [7, 11) is -4.30. The van der Waals surface area contributed by atoms with Crippen LogP contribution in [0.1, 0.15) is 39.2 Å². The van der Waals surface area contributed by atoms with Crippen LogP contribution < -0.4 is 14.4 Å². The smallest absolute Gasteiger partial charge is 0.264 e. The molecule has 3 rings (SSSR count). The first-order chi connectivity index (χ1) is 20.0. The van der Waals surface area contributed by atoms with Gasteiger partial charge in [0.15, 0.2) is 0 Å². The quantitative estimate of drug-likeness (QED) is 0.212. The number of carbonyl (C=O) groups is 2. The van der Waals surface area contributed by atoms with E-state index >= 15 is 0 Å². The summed E-state index contributed by atoms with van der Waals surface area (Å²) in [5.74, 6) is -0.718. The average molecular weight is 655 g/mol. The van der Waals surface area contributed by atoms with E-state index in [2.05, 4.69) is 5.32 Å². The molecule has 226 valence electrons. The van der Waals surface area contributed by atoms with Gasteiger partial charge in [0.05, 0.1) is 17.2 Å². The predicted molar refractivity (Wildman–Crippen MR) is 168 cm³/mol. The Labute approximate surface area is 262 Å². The minimum absolute atomic E-state index is 0.0700. The largest absolute Gasteiger partial charge is 0.492 e. The minimum atomic E-state index is -4.30. The van der Waals surface area contributed by atoms with E-state index in [1.54, 1.807) is 56.3 Å². The van der Waals surface area contributed by atoms with E-state index in [1.807, 2.05) is 6.92 Å². The van der Waals surface area contributed by atoms with Crippen molar-refractivity contribution in [2.45, 2.75) is 51.1 Å². The van der Waals surface area contributed by atoms with Crippen molar-refractivity contribution in [3.05, 3.63) is 87.4 Å². The zero-order valence-electron chi connectivity index (χ0n) is 23.6. The van der Waals surface area contributed by atoms with E-state index in [1.165, 1.54) is 29.2 Å². The first-order valence-electron chi connectivity index (χ1n) is 13.5. The van der Waals surface area contributed by atoms with E-state index in [0.717, 1.165) is 4.31 Å². The Balaban J connectivity index is 2.14. The van der Waals surface area contributed by atoms with Crippen molar-refractivity contribution in [2.24, 2.45) is 0 Å². The van der Waals surface area contributed by atoms with Crippen LogP contribution in [0, 0.1) is 0 Å². The lowest BCUT2D eigenvalue weighted by Gasteiger charge is -2.34. The van der Waals surface area contributed by atoms with Gasteiger partial charge in [-0.25, -0.2) is 8.42 Å². The van der Waals surface area contributed by atoms with Crippen molar-refractivity contribution in [1.82, 2.24) is 10.2 Å². The molecule has 0 fully saturated rings. The highest BCUT2D eigenvalue weighted by Crippen LogP contribution is 2.34. The third-order valence-corrected chi connectivity index (χ3v) is 9.17. The van der Waals surface area contributed by atoms with Gasteiger partial charge in [-0.2, -0.15) is 0 Å². The van der Waals surface area contributed by atoms with Gasteiger partial charge in [0.1, 0.15) is 18.3 Å². The van der Waals surface area contributed by atoms with Crippen molar-refractivity contribution < 1.29 is 22.7 Å². The fourth-order valence-electron chi connectivity index (χ4n) is 4.33. The van der Waals surface area contributed by atoms with Crippen LogP contribution in [0.5, 0.6) is 5.75 Å². The van der Waals surface area contributed by atoms with E-state index in [4.69, 9.17) is 39.5 Å². The summed E-state index contributed by atoms with van der Waals surface area (Å²) < 4.78 is 34.9. The summed E-state index contributed by atoms with van der Waals surface area (Å²) in [6.45, 7) is 5.41. The molecule has 0 spiro atoms. The second-order valence-corrected chi connectivity index (χ2v) is 12.4. The van der Waals surface area contributed by atoms with Gasteiger partial charge in [-0.15, -0.1) is 0 Å². The monoisotopic (exact) mass is 653 g/mol. The van der Waals surface area contributed by atoms with E-state index in [-0.39, 0.29) is 41.8 Å². The minimum Gasteiger partial charge on any atom is -0.492 e.